The molecule has 0 spiro atoms. The van der Waals surface area contributed by atoms with E-state index in [-0.39, 0.29) is 23.3 Å². The zero-order chi connectivity index (χ0) is 15.2. The molecule has 21 heavy (non-hydrogen) atoms. The van der Waals surface area contributed by atoms with Gasteiger partial charge in [0.05, 0.1) is 4.92 Å². The van der Waals surface area contributed by atoms with Gasteiger partial charge in [-0.2, -0.15) is 0 Å². The molecule has 0 saturated carbocycles. The molecular formula is C15H23N3O3. The van der Waals surface area contributed by atoms with Crippen LogP contribution in [0.4, 0.5) is 17.1 Å². The zero-order valence-electron chi connectivity index (χ0n) is 12.4. The first-order valence-electron chi connectivity index (χ1n) is 7.57. The summed E-state index contributed by atoms with van der Waals surface area (Å²) in [5, 5.41) is 23.6. The maximum absolute atomic E-state index is 11.5. The van der Waals surface area contributed by atoms with E-state index in [0.717, 1.165) is 32.2 Å². The van der Waals surface area contributed by atoms with Gasteiger partial charge >= 0.3 is 5.69 Å². The van der Waals surface area contributed by atoms with Gasteiger partial charge in [-0.1, -0.05) is 6.07 Å². The van der Waals surface area contributed by atoms with Crippen molar-refractivity contribution in [3.05, 3.63) is 28.3 Å². The summed E-state index contributed by atoms with van der Waals surface area (Å²) in [4.78, 5) is 13.3. The molecule has 1 aromatic rings. The van der Waals surface area contributed by atoms with Crippen LogP contribution in [0.1, 0.15) is 32.6 Å². The normalized spacial score (nSPS) is 18.0. The third-order valence-electron chi connectivity index (χ3n) is 3.95. The Morgan fingerprint density at radius 2 is 2.33 bits per heavy atom. The van der Waals surface area contributed by atoms with E-state index in [1.165, 1.54) is 0 Å². The maximum Gasteiger partial charge on any atom is 0.315 e. The van der Waals surface area contributed by atoms with Gasteiger partial charge in [0.1, 0.15) is 11.4 Å². The minimum absolute atomic E-state index is 0.162. The fraction of sp³-hybridized carbons (Fsp3) is 0.600. The lowest BCUT2D eigenvalue weighted by atomic mass is 10.1. The Hall–Kier alpha value is -1.82. The predicted octanol–water partition coefficient (Wildman–Crippen LogP) is 2.77. The molecule has 1 atom stereocenters. The smallest absolute Gasteiger partial charge is 0.315 e. The van der Waals surface area contributed by atoms with E-state index in [2.05, 4.69) is 10.2 Å². The molecule has 0 aliphatic carbocycles. The summed E-state index contributed by atoms with van der Waals surface area (Å²) in [6, 6.07) is 5.73. The molecule has 6 nitrogen and oxygen atoms in total. The second kappa shape index (κ2) is 7.26. The number of nitrogens with one attached hydrogen (secondary N) is 1. The first kappa shape index (κ1) is 15.6. The molecule has 1 fully saturated rings. The lowest BCUT2D eigenvalue weighted by Gasteiger charge is -2.27. The highest BCUT2D eigenvalue weighted by atomic mass is 16.6. The highest BCUT2D eigenvalue weighted by Crippen LogP contribution is 2.39. The van der Waals surface area contributed by atoms with Crippen molar-refractivity contribution < 1.29 is 10.0 Å². The Labute approximate surface area is 124 Å². The summed E-state index contributed by atoms with van der Waals surface area (Å²) in [7, 11) is 0. The lowest BCUT2D eigenvalue weighted by molar-refractivity contribution is -0.383. The Kier molecular flexibility index (Phi) is 5.38. The number of hydrogen-bond acceptors (Lipinski definition) is 5. The van der Waals surface area contributed by atoms with Crippen LogP contribution >= 0.6 is 0 Å². The Morgan fingerprint density at radius 3 is 3.00 bits per heavy atom. The number of nitro groups is 1. The van der Waals surface area contributed by atoms with E-state index in [1.807, 2.05) is 19.1 Å². The van der Waals surface area contributed by atoms with Gasteiger partial charge in [-0.05, 0) is 44.7 Å². The van der Waals surface area contributed by atoms with E-state index in [0.29, 0.717) is 17.9 Å². The Balaban J connectivity index is 2.33. The molecule has 2 N–H and O–H groups in total. The molecule has 0 radical (unpaired) electrons. The molecule has 1 aliphatic rings. The van der Waals surface area contributed by atoms with Crippen molar-refractivity contribution in [2.75, 3.05) is 29.9 Å². The van der Waals surface area contributed by atoms with Crippen molar-refractivity contribution in [2.24, 2.45) is 0 Å². The predicted molar refractivity (Wildman–Crippen MR) is 83.9 cm³/mol. The van der Waals surface area contributed by atoms with Gasteiger partial charge in [-0.25, -0.2) is 0 Å². The standard InChI is InChI=1S/C15H23N3O3/c1-2-16-13-8-3-9-14(15(13)18(20)21)17-10-4-6-12(17)7-5-11-19/h3,8-9,12,16,19H,2,4-7,10-11H2,1H3. The number of para-hydroxylation sites is 1. The third kappa shape index (κ3) is 3.44. The number of rotatable bonds is 7. The van der Waals surface area contributed by atoms with Crippen LogP contribution < -0.4 is 10.2 Å². The Bertz CT molecular complexity index is 493. The van der Waals surface area contributed by atoms with Crippen LogP contribution in [0.15, 0.2) is 18.2 Å². The number of hydrogen-bond donors (Lipinski definition) is 2. The zero-order valence-corrected chi connectivity index (χ0v) is 12.4. The van der Waals surface area contributed by atoms with Crippen LogP contribution in [0, 0.1) is 10.1 Å². The van der Waals surface area contributed by atoms with Crippen LogP contribution in [-0.4, -0.2) is 35.8 Å². The fourth-order valence-corrected chi connectivity index (χ4v) is 3.07. The van der Waals surface area contributed by atoms with Crippen LogP contribution in [0.2, 0.25) is 0 Å². The van der Waals surface area contributed by atoms with Crippen molar-refractivity contribution >= 4 is 17.1 Å². The third-order valence-corrected chi connectivity index (χ3v) is 3.95. The lowest BCUT2D eigenvalue weighted by Crippen LogP contribution is -2.30. The average Bonchev–Trinajstić information content (AvgIpc) is 2.93. The molecule has 6 heteroatoms. The van der Waals surface area contributed by atoms with Gasteiger partial charge in [0.25, 0.3) is 0 Å². The molecule has 0 amide bonds. The Morgan fingerprint density at radius 1 is 1.52 bits per heavy atom. The van der Waals surface area contributed by atoms with Gasteiger partial charge in [0.2, 0.25) is 0 Å². The molecule has 0 aromatic heterocycles. The van der Waals surface area contributed by atoms with Gasteiger partial charge in [0.15, 0.2) is 0 Å². The molecule has 1 aliphatic heterocycles. The van der Waals surface area contributed by atoms with Crippen LogP contribution in [-0.2, 0) is 0 Å². The average molecular weight is 293 g/mol. The molecule has 1 saturated heterocycles. The van der Waals surface area contributed by atoms with Crippen molar-refractivity contribution in [1.29, 1.82) is 0 Å². The van der Waals surface area contributed by atoms with E-state index < -0.39 is 0 Å². The van der Waals surface area contributed by atoms with E-state index in [4.69, 9.17) is 5.11 Å². The SMILES string of the molecule is CCNc1cccc(N2CCCC2CCCO)c1[N+](=O)[O-]. The minimum Gasteiger partial charge on any atom is -0.396 e. The highest BCUT2D eigenvalue weighted by Gasteiger charge is 2.31. The minimum atomic E-state index is -0.297. The monoisotopic (exact) mass is 293 g/mol. The summed E-state index contributed by atoms with van der Waals surface area (Å²) in [5.74, 6) is 0. The van der Waals surface area contributed by atoms with Crippen molar-refractivity contribution in [3.8, 4) is 0 Å². The van der Waals surface area contributed by atoms with Crippen LogP contribution in [0.3, 0.4) is 0 Å². The first-order valence-corrected chi connectivity index (χ1v) is 7.57. The molecule has 116 valence electrons. The van der Waals surface area contributed by atoms with Crippen molar-refractivity contribution in [3.63, 3.8) is 0 Å². The van der Waals surface area contributed by atoms with Gasteiger partial charge in [-0.3, -0.25) is 10.1 Å². The number of aliphatic hydroxyl groups is 1. The molecule has 1 heterocycles. The number of nitro benzene ring substituents is 1. The van der Waals surface area contributed by atoms with Gasteiger partial charge in [-0.15, -0.1) is 0 Å². The molecule has 1 aromatic carbocycles. The van der Waals surface area contributed by atoms with Crippen LogP contribution in [0.25, 0.3) is 0 Å². The summed E-state index contributed by atoms with van der Waals surface area (Å²) < 4.78 is 0. The summed E-state index contributed by atoms with van der Waals surface area (Å²) in [6.45, 7) is 3.59. The number of nitrogens with zero attached hydrogens (tertiary/aromatic N) is 2. The quantitative estimate of drug-likeness (QED) is 0.597. The second-order valence-corrected chi connectivity index (χ2v) is 5.32. The molecular weight excluding hydrogens is 270 g/mol. The maximum atomic E-state index is 11.5. The van der Waals surface area contributed by atoms with Crippen LogP contribution in [0.5, 0.6) is 0 Å². The molecule has 1 unspecified atom stereocenters. The first-order chi connectivity index (χ1) is 10.2. The summed E-state index contributed by atoms with van der Waals surface area (Å²) in [5.41, 5.74) is 1.43. The molecule has 2 rings (SSSR count). The number of aliphatic hydroxyl groups excluding tert-OH is 1. The van der Waals surface area contributed by atoms with Gasteiger partial charge < -0.3 is 15.3 Å². The topological polar surface area (TPSA) is 78.6 Å². The van der Waals surface area contributed by atoms with E-state index >= 15 is 0 Å². The number of benzene rings is 1. The summed E-state index contributed by atoms with van der Waals surface area (Å²) in [6.07, 6.45) is 3.68. The number of anilines is 2. The van der Waals surface area contributed by atoms with E-state index in [1.54, 1.807) is 6.07 Å². The van der Waals surface area contributed by atoms with E-state index in [9.17, 15) is 10.1 Å². The van der Waals surface area contributed by atoms with Crippen molar-refractivity contribution in [1.82, 2.24) is 0 Å². The summed E-state index contributed by atoms with van der Waals surface area (Å²) >= 11 is 0. The molecule has 0 bridgehead atoms. The van der Waals surface area contributed by atoms with Crippen molar-refractivity contribution in [2.45, 2.75) is 38.6 Å². The largest absolute Gasteiger partial charge is 0.396 e. The second-order valence-electron chi connectivity index (χ2n) is 5.32. The highest BCUT2D eigenvalue weighted by molar-refractivity contribution is 5.77. The fourth-order valence-electron chi connectivity index (χ4n) is 3.07. The van der Waals surface area contributed by atoms with Gasteiger partial charge in [0, 0.05) is 25.7 Å².